The van der Waals surface area contributed by atoms with Gasteiger partial charge in [0.05, 0.1) is 11.6 Å². The number of fused-ring (bicyclic) bond motifs is 1. The molecule has 0 radical (unpaired) electrons. The van der Waals surface area contributed by atoms with Gasteiger partial charge in [0.25, 0.3) is 0 Å². The second-order valence-corrected chi connectivity index (χ2v) is 8.46. The zero-order valence-electron chi connectivity index (χ0n) is 19.6. The predicted molar refractivity (Wildman–Crippen MR) is 135 cm³/mol. The SMILES string of the molecule is Cc1ccccc1CC(=CN)C(=O)N[C@H](C#N)Cc1ccc(-c2ccc3oc(=O)n(C)c3c2)cc1. The molecule has 4 rings (SSSR count). The summed E-state index contributed by atoms with van der Waals surface area (Å²) in [5, 5.41) is 12.4. The van der Waals surface area contributed by atoms with Crippen LogP contribution in [0.15, 0.2) is 87.7 Å². The van der Waals surface area contributed by atoms with E-state index >= 15 is 0 Å². The lowest BCUT2D eigenvalue weighted by Gasteiger charge is -2.15. The van der Waals surface area contributed by atoms with Crippen LogP contribution in [-0.4, -0.2) is 16.5 Å². The monoisotopic (exact) mass is 466 g/mol. The van der Waals surface area contributed by atoms with E-state index in [-0.39, 0.29) is 5.91 Å². The number of carbonyl (C=O) groups excluding carboxylic acids is 1. The number of nitriles is 1. The third kappa shape index (κ3) is 5.17. The molecule has 0 spiro atoms. The number of amides is 1. The van der Waals surface area contributed by atoms with E-state index in [9.17, 15) is 14.9 Å². The Morgan fingerprint density at radius 1 is 1.14 bits per heavy atom. The van der Waals surface area contributed by atoms with Crippen LogP contribution in [0, 0.1) is 18.3 Å². The summed E-state index contributed by atoms with van der Waals surface area (Å²) < 4.78 is 6.66. The molecule has 0 unspecified atom stereocenters. The van der Waals surface area contributed by atoms with E-state index in [1.165, 1.54) is 10.8 Å². The molecule has 3 N–H and O–H groups in total. The zero-order valence-corrected chi connectivity index (χ0v) is 19.6. The van der Waals surface area contributed by atoms with Crippen LogP contribution in [0.1, 0.15) is 16.7 Å². The first-order valence-corrected chi connectivity index (χ1v) is 11.2. The summed E-state index contributed by atoms with van der Waals surface area (Å²) in [4.78, 5) is 24.5. The number of nitrogens with one attached hydrogen (secondary N) is 1. The van der Waals surface area contributed by atoms with Crippen molar-refractivity contribution in [1.29, 1.82) is 5.26 Å². The van der Waals surface area contributed by atoms with Gasteiger partial charge in [0, 0.05) is 31.7 Å². The van der Waals surface area contributed by atoms with Gasteiger partial charge in [-0.2, -0.15) is 5.26 Å². The number of hydrogen-bond donors (Lipinski definition) is 2. The lowest BCUT2D eigenvalue weighted by Crippen LogP contribution is -2.37. The summed E-state index contributed by atoms with van der Waals surface area (Å²) >= 11 is 0. The Morgan fingerprint density at radius 2 is 1.86 bits per heavy atom. The van der Waals surface area contributed by atoms with E-state index in [0.29, 0.717) is 24.0 Å². The van der Waals surface area contributed by atoms with Crippen LogP contribution in [-0.2, 0) is 24.7 Å². The van der Waals surface area contributed by atoms with E-state index in [1.807, 2.05) is 67.6 Å². The molecule has 1 amide bonds. The van der Waals surface area contributed by atoms with Gasteiger partial charge >= 0.3 is 5.76 Å². The smallest absolute Gasteiger partial charge is 0.408 e. The topological polar surface area (TPSA) is 114 Å². The third-order valence-electron chi connectivity index (χ3n) is 6.11. The summed E-state index contributed by atoms with van der Waals surface area (Å²) in [6, 6.07) is 22.6. The molecule has 0 aliphatic heterocycles. The Bertz CT molecular complexity index is 1500. The van der Waals surface area contributed by atoms with Gasteiger partial charge in [-0.05, 0) is 46.9 Å². The van der Waals surface area contributed by atoms with Crippen molar-refractivity contribution in [3.05, 3.63) is 106 Å². The second-order valence-electron chi connectivity index (χ2n) is 8.46. The Morgan fingerprint density at radius 3 is 2.54 bits per heavy atom. The Balaban J connectivity index is 1.44. The van der Waals surface area contributed by atoms with Gasteiger partial charge in [-0.1, -0.05) is 54.6 Å². The lowest BCUT2D eigenvalue weighted by atomic mass is 9.99. The average Bonchev–Trinajstić information content (AvgIpc) is 3.16. The minimum Gasteiger partial charge on any atom is -0.408 e. The first-order chi connectivity index (χ1) is 16.9. The average molecular weight is 467 g/mol. The number of aromatic nitrogens is 1. The van der Waals surface area contributed by atoms with Crippen LogP contribution in [0.3, 0.4) is 0 Å². The van der Waals surface area contributed by atoms with Crippen LogP contribution >= 0.6 is 0 Å². The van der Waals surface area contributed by atoms with Gasteiger partial charge in [0.1, 0.15) is 6.04 Å². The van der Waals surface area contributed by atoms with E-state index in [0.717, 1.165) is 33.3 Å². The molecule has 0 bridgehead atoms. The maximum absolute atomic E-state index is 12.8. The van der Waals surface area contributed by atoms with Crippen LogP contribution in [0.5, 0.6) is 0 Å². The maximum atomic E-state index is 12.8. The van der Waals surface area contributed by atoms with E-state index in [2.05, 4.69) is 11.4 Å². The standard InChI is InChI=1S/C28H26N4O3/c1-18-5-3-4-6-21(18)14-23(16-29)27(33)31-24(17-30)13-19-7-9-20(10-8-19)22-11-12-26-25(15-22)32(2)28(34)35-26/h3-12,15-16,24H,13-14,29H2,1-2H3,(H,31,33)/t24-/m0/s1. The molecule has 0 aliphatic carbocycles. The molecule has 0 fully saturated rings. The molecular formula is C28H26N4O3. The number of hydrogen-bond acceptors (Lipinski definition) is 5. The fourth-order valence-corrected chi connectivity index (χ4v) is 3.98. The fourth-order valence-electron chi connectivity index (χ4n) is 3.98. The number of carbonyl (C=O) groups is 1. The summed E-state index contributed by atoms with van der Waals surface area (Å²) in [7, 11) is 1.67. The number of rotatable bonds is 7. The van der Waals surface area contributed by atoms with Crippen LogP contribution in [0.4, 0.5) is 0 Å². The molecule has 4 aromatic rings. The number of nitrogens with zero attached hydrogens (tertiary/aromatic N) is 2. The molecule has 0 aliphatic rings. The van der Waals surface area contributed by atoms with Crippen molar-refractivity contribution >= 4 is 17.0 Å². The second kappa shape index (κ2) is 10.1. The van der Waals surface area contributed by atoms with Gasteiger partial charge in [0.15, 0.2) is 5.58 Å². The fraction of sp³-hybridized carbons (Fsp3) is 0.179. The van der Waals surface area contributed by atoms with Crippen LogP contribution < -0.4 is 16.8 Å². The molecule has 176 valence electrons. The molecule has 35 heavy (non-hydrogen) atoms. The van der Waals surface area contributed by atoms with Crippen molar-refractivity contribution in [2.24, 2.45) is 12.8 Å². The van der Waals surface area contributed by atoms with Gasteiger partial charge in [0.2, 0.25) is 5.91 Å². The van der Waals surface area contributed by atoms with Crippen molar-refractivity contribution in [2.75, 3.05) is 0 Å². The summed E-state index contributed by atoms with van der Waals surface area (Å²) in [6.45, 7) is 1.98. The van der Waals surface area contributed by atoms with Crippen LogP contribution in [0.25, 0.3) is 22.2 Å². The van der Waals surface area contributed by atoms with Crippen molar-refractivity contribution in [1.82, 2.24) is 9.88 Å². The molecule has 0 saturated heterocycles. The summed E-state index contributed by atoms with van der Waals surface area (Å²) in [5.74, 6) is -0.749. The Kier molecular flexibility index (Phi) is 6.83. The van der Waals surface area contributed by atoms with E-state index in [4.69, 9.17) is 10.2 Å². The first kappa shape index (κ1) is 23.6. The minimum atomic E-state index is -0.697. The van der Waals surface area contributed by atoms with Gasteiger partial charge in [-0.3, -0.25) is 9.36 Å². The highest BCUT2D eigenvalue weighted by Crippen LogP contribution is 2.24. The molecule has 7 heteroatoms. The summed E-state index contributed by atoms with van der Waals surface area (Å²) in [5.41, 5.74) is 12.3. The van der Waals surface area contributed by atoms with Gasteiger partial charge < -0.3 is 15.5 Å². The molecule has 3 aromatic carbocycles. The van der Waals surface area contributed by atoms with E-state index < -0.39 is 11.8 Å². The van der Waals surface area contributed by atoms with E-state index in [1.54, 1.807) is 13.1 Å². The van der Waals surface area contributed by atoms with Crippen molar-refractivity contribution in [2.45, 2.75) is 25.8 Å². The number of nitrogens with two attached hydrogens (primary N) is 1. The van der Waals surface area contributed by atoms with Gasteiger partial charge in [-0.25, -0.2) is 4.79 Å². The third-order valence-corrected chi connectivity index (χ3v) is 6.11. The Hall–Kier alpha value is -4.57. The Labute approximate surface area is 203 Å². The predicted octanol–water partition coefficient (Wildman–Crippen LogP) is 3.74. The largest absolute Gasteiger partial charge is 0.419 e. The van der Waals surface area contributed by atoms with Crippen molar-refractivity contribution < 1.29 is 9.21 Å². The maximum Gasteiger partial charge on any atom is 0.419 e. The van der Waals surface area contributed by atoms with Crippen molar-refractivity contribution in [3.8, 4) is 17.2 Å². The molecule has 7 nitrogen and oxygen atoms in total. The molecular weight excluding hydrogens is 440 g/mol. The van der Waals surface area contributed by atoms with Crippen LogP contribution in [0.2, 0.25) is 0 Å². The normalized spacial score (nSPS) is 12.3. The lowest BCUT2D eigenvalue weighted by molar-refractivity contribution is -0.117. The first-order valence-electron chi connectivity index (χ1n) is 11.2. The number of aryl methyl sites for hydroxylation is 2. The number of oxazole rings is 1. The highest BCUT2D eigenvalue weighted by molar-refractivity contribution is 5.94. The molecule has 1 aromatic heterocycles. The molecule has 1 atom stereocenters. The minimum absolute atomic E-state index is 0.349. The number of benzene rings is 3. The quantitative estimate of drug-likeness (QED) is 0.403. The van der Waals surface area contributed by atoms with Gasteiger partial charge in [-0.15, -0.1) is 0 Å². The zero-order chi connectivity index (χ0) is 24.9. The highest BCUT2D eigenvalue weighted by atomic mass is 16.4. The molecule has 0 saturated carbocycles. The summed E-state index contributed by atoms with van der Waals surface area (Å²) in [6.07, 6.45) is 2.06. The highest BCUT2D eigenvalue weighted by Gasteiger charge is 2.17. The van der Waals surface area contributed by atoms with Crippen molar-refractivity contribution in [3.63, 3.8) is 0 Å². The molecule has 1 heterocycles.